The van der Waals surface area contributed by atoms with Gasteiger partial charge in [-0.1, -0.05) is 0 Å². The zero-order valence-electron chi connectivity index (χ0n) is 14.5. The molecule has 0 fully saturated rings. The monoisotopic (exact) mass is 433 g/mol. The molecule has 0 aliphatic carbocycles. The first-order valence-corrected chi connectivity index (χ1v) is 8.47. The van der Waals surface area contributed by atoms with E-state index in [1.165, 1.54) is 0 Å². The molecule has 23 heavy (non-hydrogen) atoms. The van der Waals surface area contributed by atoms with E-state index in [0.29, 0.717) is 12.1 Å². The summed E-state index contributed by atoms with van der Waals surface area (Å²) in [5.74, 6) is -1.25. The number of halogens is 1. The number of esters is 1. The van der Waals surface area contributed by atoms with Crippen molar-refractivity contribution >= 4 is 34.5 Å². The van der Waals surface area contributed by atoms with Gasteiger partial charge in [-0.15, -0.1) is 0 Å². The molecular formula is C17H24INO4. The number of carbonyl (C=O) groups excluding carboxylic acids is 1. The summed E-state index contributed by atoms with van der Waals surface area (Å²) in [6, 6.07) is 0. The Kier molecular flexibility index (Phi) is 6.59. The Labute approximate surface area is 150 Å². The minimum Gasteiger partial charge on any atom is -0.478 e. The number of aromatic carboxylic acids is 1. The molecule has 6 heteroatoms. The van der Waals surface area contributed by atoms with E-state index < -0.39 is 11.6 Å². The lowest BCUT2D eigenvalue weighted by molar-refractivity contribution is -0.153. The maximum Gasteiger partial charge on any atom is 0.336 e. The Balaban J connectivity index is 2.94. The number of carboxylic acids is 1. The van der Waals surface area contributed by atoms with Crippen LogP contribution in [0, 0.1) is 24.3 Å². The summed E-state index contributed by atoms with van der Waals surface area (Å²) in [5, 5.41) is 12.5. The molecule has 0 bridgehead atoms. The molecule has 0 heterocycles. The fourth-order valence-corrected chi connectivity index (χ4v) is 3.09. The van der Waals surface area contributed by atoms with Gasteiger partial charge in [-0.05, 0) is 86.4 Å². The van der Waals surface area contributed by atoms with Gasteiger partial charge in [-0.2, -0.15) is 0 Å². The van der Waals surface area contributed by atoms with Crippen LogP contribution in [0.4, 0.5) is 0 Å². The zero-order chi connectivity index (χ0) is 17.9. The topological polar surface area (TPSA) is 75.6 Å². The molecule has 1 aromatic rings. The third kappa shape index (κ3) is 5.17. The normalized spacial score (nSPS) is 11.4. The zero-order valence-corrected chi connectivity index (χ0v) is 16.6. The summed E-state index contributed by atoms with van der Waals surface area (Å²) in [6.45, 7) is 11.6. The lowest BCUT2D eigenvalue weighted by Gasteiger charge is -2.20. The van der Waals surface area contributed by atoms with Gasteiger partial charge < -0.3 is 15.2 Å². The van der Waals surface area contributed by atoms with Crippen LogP contribution in [0.1, 0.15) is 53.4 Å². The first kappa shape index (κ1) is 19.9. The van der Waals surface area contributed by atoms with Gasteiger partial charge in [0.15, 0.2) is 0 Å². The average molecular weight is 433 g/mol. The van der Waals surface area contributed by atoms with Crippen molar-refractivity contribution in [2.75, 3.05) is 6.54 Å². The number of rotatable bonds is 5. The molecule has 0 aliphatic rings. The highest BCUT2D eigenvalue weighted by atomic mass is 127. The van der Waals surface area contributed by atoms with Gasteiger partial charge in [0.25, 0.3) is 0 Å². The number of hydrogen-bond acceptors (Lipinski definition) is 4. The van der Waals surface area contributed by atoms with Gasteiger partial charge in [0, 0.05) is 10.1 Å². The molecule has 0 aromatic heterocycles. The van der Waals surface area contributed by atoms with Crippen LogP contribution in [-0.4, -0.2) is 29.2 Å². The van der Waals surface area contributed by atoms with Crippen LogP contribution >= 0.6 is 22.6 Å². The molecule has 128 valence electrons. The van der Waals surface area contributed by atoms with Gasteiger partial charge in [0.1, 0.15) is 5.60 Å². The third-order valence-corrected chi connectivity index (χ3v) is 5.14. The summed E-state index contributed by atoms with van der Waals surface area (Å²) in [6.07, 6.45) is 0. The Bertz CT molecular complexity index is 633. The first-order valence-electron chi connectivity index (χ1n) is 7.39. The number of nitrogens with one attached hydrogen (secondary N) is 1. The summed E-state index contributed by atoms with van der Waals surface area (Å²) in [5.41, 5.74) is 3.31. The Hall–Kier alpha value is -1.15. The van der Waals surface area contributed by atoms with Crippen molar-refractivity contribution in [3.05, 3.63) is 31.4 Å². The van der Waals surface area contributed by atoms with E-state index in [0.717, 1.165) is 25.8 Å². The molecule has 0 saturated carbocycles. The molecule has 0 atom stereocenters. The van der Waals surface area contributed by atoms with Crippen molar-refractivity contribution < 1.29 is 19.4 Å². The lowest BCUT2D eigenvalue weighted by atomic mass is 9.93. The summed E-state index contributed by atoms with van der Waals surface area (Å²) in [7, 11) is 0. The number of carboxylic acid groups (broad SMARTS) is 1. The largest absolute Gasteiger partial charge is 0.478 e. The minimum absolute atomic E-state index is 0.0863. The summed E-state index contributed by atoms with van der Waals surface area (Å²) < 4.78 is 6.19. The highest BCUT2D eigenvalue weighted by molar-refractivity contribution is 14.1. The van der Waals surface area contributed by atoms with Gasteiger partial charge in [-0.25, -0.2) is 4.79 Å². The van der Waals surface area contributed by atoms with E-state index in [1.54, 1.807) is 0 Å². The maximum atomic E-state index is 11.7. The van der Waals surface area contributed by atoms with Gasteiger partial charge in [0.05, 0.1) is 12.1 Å². The Morgan fingerprint density at radius 2 is 1.70 bits per heavy atom. The van der Waals surface area contributed by atoms with Gasteiger partial charge in [-0.3, -0.25) is 4.79 Å². The fourth-order valence-electron chi connectivity index (χ4n) is 2.49. The highest BCUT2D eigenvalue weighted by Crippen LogP contribution is 2.28. The van der Waals surface area contributed by atoms with Crippen molar-refractivity contribution in [1.29, 1.82) is 0 Å². The molecule has 2 N–H and O–H groups in total. The average Bonchev–Trinajstić information content (AvgIpc) is 2.38. The van der Waals surface area contributed by atoms with Crippen molar-refractivity contribution in [1.82, 2.24) is 5.32 Å². The summed E-state index contributed by atoms with van der Waals surface area (Å²) in [4.78, 5) is 23.2. The van der Waals surface area contributed by atoms with Crippen molar-refractivity contribution in [3.8, 4) is 0 Å². The van der Waals surface area contributed by atoms with Crippen molar-refractivity contribution in [3.63, 3.8) is 0 Å². The van der Waals surface area contributed by atoms with Crippen LogP contribution in [0.25, 0.3) is 0 Å². The predicted octanol–water partition coefficient (Wildman–Crippen LogP) is 3.35. The molecule has 0 amide bonds. The van der Waals surface area contributed by atoms with E-state index in [4.69, 9.17) is 4.74 Å². The predicted molar refractivity (Wildman–Crippen MR) is 97.9 cm³/mol. The first-order chi connectivity index (χ1) is 10.5. The van der Waals surface area contributed by atoms with Crippen LogP contribution in [0.2, 0.25) is 0 Å². The van der Waals surface area contributed by atoms with E-state index in [-0.39, 0.29) is 12.5 Å². The van der Waals surface area contributed by atoms with Crippen molar-refractivity contribution in [2.24, 2.45) is 0 Å². The molecular weight excluding hydrogens is 409 g/mol. The van der Waals surface area contributed by atoms with Crippen LogP contribution in [0.3, 0.4) is 0 Å². The number of ether oxygens (including phenoxy) is 1. The van der Waals surface area contributed by atoms with Crippen LogP contribution in [-0.2, 0) is 16.1 Å². The molecule has 0 radical (unpaired) electrons. The van der Waals surface area contributed by atoms with E-state index in [1.807, 2.05) is 41.5 Å². The van der Waals surface area contributed by atoms with E-state index in [9.17, 15) is 14.7 Å². The quantitative estimate of drug-likeness (QED) is 0.551. The second-order valence-corrected chi connectivity index (χ2v) is 7.62. The van der Waals surface area contributed by atoms with Crippen LogP contribution in [0.15, 0.2) is 0 Å². The van der Waals surface area contributed by atoms with Crippen molar-refractivity contribution in [2.45, 2.75) is 53.7 Å². The molecule has 1 rings (SSSR count). The maximum absolute atomic E-state index is 11.7. The van der Waals surface area contributed by atoms with Crippen LogP contribution < -0.4 is 5.32 Å². The van der Waals surface area contributed by atoms with E-state index in [2.05, 4.69) is 27.9 Å². The number of hydrogen-bond donors (Lipinski definition) is 2. The lowest BCUT2D eigenvalue weighted by Crippen LogP contribution is -2.31. The molecule has 5 nitrogen and oxygen atoms in total. The second-order valence-electron chi connectivity index (χ2n) is 6.54. The Morgan fingerprint density at radius 1 is 1.13 bits per heavy atom. The molecule has 0 unspecified atom stereocenters. The smallest absolute Gasteiger partial charge is 0.336 e. The molecule has 0 spiro atoms. The Morgan fingerprint density at radius 3 is 2.17 bits per heavy atom. The fraction of sp³-hybridized carbons (Fsp3) is 0.529. The minimum atomic E-state index is -0.925. The molecule has 0 saturated heterocycles. The standard InChI is InChI=1S/C17H24INO4/c1-9-12(7-19-8-13(20)23-17(4,5)6)10(2)15(18)11(3)14(9)16(21)22/h19H,7-8H2,1-6H3,(H,21,22). The second kappa shape index (κ2) is 7.61. The molecule has 1 aromatic carbocycles. The SMILES string of the molecule is Cc1c(I)c(C)c(C(=O)O)c(C)c1CNCC(=O)OC(C)(C)C. The van der Waals surface area contributed by atoms with Gasteiger partial charge >= 0.3 is 11.9 Å². The highest BCUT2D eigenvalue weighted by Gasteiger charge is 2.20. The summed E-state index contributed by atoms with van der Waals surface area (Å²) >= 11 is 2.17. The number of benzene rings is 1. The van der Waals surface area contributed by atoms with E-state index >= 15 is 0 Å². The van der Waals surface area contributed by atoms with Crippen LogP contribution in [0.5, 0.6) is 0 Å². The number of carbonyl (C=O) groups is 2. The van der Waals surface area contributed by atoms with Gasteiger partial charge in [0.2, 0.25) is 0 Å². The molecule has 0 aliphatic heterocycles. The third-order valence-electron chi connectivity index (χ3n) is 3.52.